The molecule has 0 aromatic rings. The molecule has 14 heavy (non-hydrogen) atoms. The lowest BCUT2D eigenvalue weighted by Gasteiger charge is -2.42. The van der Waals surface area contributed by atoms with Crippen LogP contribution in [0.15, 0.2) is 0 Å². The predicted octanol–water partition coefficient (Wildman–Crippen LogP) is 2.19. The van der Waals surface area contributed by atoms with E-state index in [-0.39, 0.29) is 5.60 Å². The molecular formula is C12H23NO. The summed E-state index contributed by atoms with van der Waals surface area (Å²) in [6, 6.07) is 0. The van der Waals surface area contributed by atoms with E-state index in [1.165, 1.54) is 45.2 Å². The molecular weight excluding hydrogens is 174 g/mol. The van der Waals surface area contributed by atoms with Crippen LogP contribution in [-0.2, 0) is 4.74 Å². The van der Waals surface area contributed by atoms with Crippen LogP contribution in [0.3, 0.4) is 0 Å². The third-order valence-corrected chi connectivity index (χ3v) is 4.32. The normalized spacial score (nSPS) is 37.3. The molecule has 0 spiro atoms. The van der Waals surface area contributed by atoms with Crippen molar-refractivity contribution in [1.29, 1.82) is 0 Å². The molecule has 0 bridgehead atoms. The van der Waals surface area contributed by atoms with Crippen molar-refractivity contribution in [2.45, 2.75) is 44.6 Å². The number of rotatable bonds is 2. The Hall–Kier alpha value is -0.0800. The van der Waals surface area contributed by atoms with Gasteiger partial charge in [-0.25, -0.2) is 0 Å². The second-order valence-electron chi connectivity index (χ2n) is 5.05. The lowest BCUT2D eigenvalue weighted by molar-refractivity contribution is -0.0781. The van der Waals surface area contributed by atoms with Crippen molar-refractivity contribution in [1.82, 2.24) is 5.32 Å². The highest BCUT2D eigenvalue weighted by Crippen LogP contribution is 2.44. The lowest BCUT2D eigenvalue weighted by Crippen LogP contribution is -2.48. The molecule has 2 aliphatic rings. The minimum absolute atomic E-state index is 0.238. The summed E-state index contributed by atoms with van der Waals surface area (Å²) in [7, 11) is 1.92. The molecule has 1 N–H and O–H groups in total. The fourth-order valence-corrected chi connectivity index (χ4v) is 3.50. The minimum Gasteiger partial charge on any atom is -0.378 e. The van der Waals surface area contributed by atoms with E-state index < -0.39 is 0 Å². The third-order valence-electron chi connectivity index (χ3n) is 4.32. The van der Waals surface area contributed by atoms with E-state index in [1.54, 1.807) is 0 Å². The molecule has 0 aromatic carbocycles. The van der Waals surface area contributed by atoms with Gasteiger partial charge < -0.3 is 10.1 Å². The van der Waals surface area contributed by atoms with Gasteiger partial charge in [0, 0.05) is 7.11 Å². The first-order valence-electron chi connectivity index (χ1n) is 6.04. The molecule has 2 atom stereocenters. The van der Waals surface area contributed by atoms with Crippen LogP contribution in [0, 0.1) is 11.8 Å². The zero-order valence-corrected chi connectivity index (χ0v) is 9.51. The van der Waals surface area contributed by atoms with Crippen molar-refractivity contribution in [2.24, 2.45) is 11.8 Å². The van der Waals surface area contributed by atoms with Crippen molar-refractivity contribution in [3.8, 4) is 0 Å². The summed E-state index contributed by atoms with van der Waals surface area (Å²) in [5, 5.41) is 3.47. The molecule has 1 aliphatic heterocycles. The Bertz CT molecular complexity index is 187. The van der Waals surface area contributed by atoms with E-state index in [1.807, 2.05) is 7.11 Å². The monoisotopic (exact) mass is 197 g/mol. The lowest BCUT2D eigenvalue weighted by atomic mass is 9.74. The Morgan fingerprint density at radius 3 is 2.57 bits per heavy atom. The van der Waals surface area contributed by atoms with E-state index >= 15 is 0 Å². The van der Waals surface area contributed by atoms with Gasteiger partial charge in [0.2, 0.25) is 0 Å². The maximum Gasteiger partial charge on any atom is 0.0710 e. The van der Waals surface area contributed by atoms with Crippen LogP contribution in [0.25, 0.3) is 0 Å². The first-order chi connectivity index (χ1) is 6.78. The first-order valence-corrected chi connectivity index (χ1v) is 6.04. The molecule has 0 amide bonds. The number of methoxy groups -OCH3 is 1. The zero-order chi connectivity index (χ0) is 10.0. The van der Waals surface area contributed by atoms with E-state index in [0.717, 1.165) is 11.8 Å². The van der Waals surface area contributed by atoms with Crippen molar-refractivity contribution >= 4 is 0 Å². The van der Waals surface area contributed by atoms with Crippen LogP contribution in [-0.4, -0.2) is 25.8 Å². The minimum atomic E-state index is 0.238. The van der Waals surface area contributed by atoms with E-state index in [2.05, 4.69) is 12.2 Å². The SMILES string of the molecule is COC1(C2CCNCC2C)CCCC1. The van der Waals surface area contributed by atoms with Gasteiger partial charge in [-0.15, -0.1) is 0 Å². The van der Waals surface area contributed by atoms with E-state index in [9.17, 15) is 0 Å². The maximum absolute atomic E-state index is 5.88. The molecule has 1 aliphatic carbocycles. The van der Waals surface area contributed by atoms with Crippen molar-refractivity contribution in [2.75, 3.05) is 20.2 Å². The van der Waals surface area contributed by atoms with Crippen LogP contribution in [0.1, 0.15) is 39.0 Å². The molecule has 2 fully saturated rings. The third kappa shape index (κ3) is 1.70. The van der Waals surface area contributed by atoms with Crippen LogP contribution >= 0.6 is 0 Å². The highest BCUT2D eigenvalue weighted by atomic mass is 16.5. The second-order valence-corrected chi connectivity index (χ2v) is 5.05. The Labute approximate surface area is 87.4 Å². The van der Waals surface area contributed by atoms with Gasteiger partial charge in [0.1, 0.15) is 0 Å². The fraction of sp³-hybridized carbons (Fsp3) is 1.00. The van der Waals surface area contributed by atoms with Gasteiger partial charge in [0.05, 0.1) is 5.60 Å². The molecule has 0 radical (unpaired) electrons. The van der Waals surface area contributed by atoms with Crippen molar-refractivity contribution in [3.63, 3.8) is 0 Å². The molecule has 0 aromatic heterocycles. The molecule has 2 heteroatoms. The summed E-state index contributed by atoms with van der Waals surface area (Å²) in [6.07, 6.45) is 6.61. The Balaban J connectivity index is 2.09. The van der Waals surface area contributed by atoms with E-state index in [0.29, 0.717) is 0 Å². The highest BCUT2D eigenvalue weighted by molar-refractivity contribution is 4.96. The summed E-state index contributed by atoms with van der Waals surface area (Å²) in [4.78, 5) is 0. The number of hydrogen-bond acceptors (Lipinski definition) is 2. The van der Waals surface area contributed by atoms with Crippen LogP contribution in [0.5, 0.6) is 0 Å². The topological polar surface area (TPSA) is 21.3 Å². The van der Waals surface area contributed by atoms with Crippen molar-refractivity contribution in [3.05, 3.63) is 0 Å². The molecule has 1 saturated heterocycles. The Morgan fingerprint density at radius 1 is 1.29 bits per heavy atom. The molecule has 1 saturated carbocycles. The average Bonchev–Trinajstić information content (AvgIpc) is 2.68. The number of ether oxygens (including phenoxy) is 1. The number of nitrogens with one attached hydrogen (secondary N) is 1. The zero-order valence-electron chi connectivity index (χ0n) is 9.51. The molecule has 2 rings (SSSR count). The van der Waals surface area contributed by atoms with Gasteiger partial charge in [0.15, 0.2) is 0 Å². The highest BCUT2D eigenvalue weighted by Gasteiger charge is 2.44. The van der Waals surface area contributed by atoms with Gasteiger partial charge in [-0.3, -0.25) is 0 Å². The summed E-state index contributed by atoms with van der Waals surface area (Å²) >= 11 is 0. The number of hydrogen-bond donors (Lipinski definition) is 1. The van der Waals surface area contributed by atoms with Crippen LogP contribution in [0.2, 0.25) is 0 Å². The smallest absolute Gasteiger partial charge is 0.0710 e. The average molecular weight is 197 g/mol. The second kappa shape index (κ2) is 4.19. The largest absolute Gasteiger partial charge is 0.378 e. The van der Waals surface area contributed by atoms with Gasteiger partial charge in [-0.1, -0.05) is 19.8 Å². The van der Waals surface area contributed by atoms with Crippen LogP contribution < -0.4 is 5.32 Å². The summed E-state index contributed by atoms with van der Waals surface area (Å²) < 4.78 is 5.88. The van der Waals surface area contributed by atoms with Crippen molar-refractivity contribution < 1.29 is 4.74 Å². The standard InChI is InChI=1S/C12H23NO/c1-10-9-13-8-5-11(10)12(14-2)6-3-4-7-12/h10-11,13H,3-9H2,1-2H3. The van der Waals surface area contributed by atoms with Gasteiger partial charge in [-0.05, 0) is 44.2 Å². The molecule has 2 unspecified atom stereocenters. The quantitative estimate of drug-likeness (QED) is 0.732. The maximum atomic E-state index is 5.88. The molecule has 2 nitrogen and oxygen atoms in total. The van der Waals surface area contributed by atoms with Gasteiger partial charge >= 0.3 is 0 Å². The Kier molecular flexibility index (Phi) is 3.13. The van der Waals surface area contributed by atoms with Gasteiger partial charge in [-0.2, -0.15) is 0 Å². The van der Waals surface area contributed by atoms with Crippen LogP contribution in [0.4, 0.5) is 0 Å². The summed E-state index contributed by atoms with van der Waals surface area (Å²) in [5.41, 5.74) is 0.238. The summed E-state index contributed by atoms with van der Waals surface area (Å²) in [5.74, 6) is 1.57. The molecule has 1 heterocycles. The molecule has 82 valence electrons. The number of piperidine rings is 1. The Morgan fingerprint density at radius 2 is 2.00 bits per heavy atom. The first kappa shape index (κ1) is 10.4. The van der Waals surface area contributed by atoms with E-state index in [4.69, 9.17) is 4.74 Å². The van der Waals surface area contributed by atoms with Gasteiger partial charge in [0.25, 0.3) is 0 Å². The summed E-state index contributed by atoms with van der Waals surface area (Å²) in [6.45, 7) is 4.73. The fourth-order valence-electron chi connectivity index (χ4n) is 3.50. The predicted molar refractivity (Wildman–Crippen MR) is 58.3 cm³/mol.